The highest BCUT2D eigenvalue weighted by Gasteiger charge is 2.45. The van der Waals surface area contributed by atoms with Gasteiger partial charge in [-0.25, -0.2) is 4.79 Å². The molecule has 158 valence electrons. The molecule has 1 N–H and O–H groups in total. The number of likely N-dealkylation sites (tertiary alicyclic amines) is 1. The first kappa shape index (κ1) is 21.4. The largest absolute Gasteiger partial charge is 0.434 e. The monoisotopic (exact) mass is 412 g/mol. The summed E-state index contributed by atoms with van der Waals surface area (Å²) in [5, 5.41) is 17.9. The van der Waals surface area contributed by atoms with E-state index in [0.29, 0.717) is 25.0 Å². The third kappa shape index (κ3) is 5.00. The average Bonchev–Trinajstić information content (AvgIpc) is 2.71. The Morgan fingerprint density at radius 3 is 2.76 bits per heavy atom. The number of aliphatic hydroxyl groups excluding tert-OH is 1. The molecule has 1 aromatic rings. The summed E-state index contributed by atoms with van der Waals surface area (Å²) < 4.78 is 48.6. The quantitative estimate of drug-likeness (QED) is 0.823. The van der Waals surface area contributed by atoms with Crippen molar-refractivity contribution in [2.45, 2.75) is 49.5 Å². The summed E-state index contributed by atoms with van der Waals surface area (Å²) >= 11 is 0. The number of benzene rings is 1. The highest BCUT2D eigenvalue weighted by atomic mass is 19.4. The number of halogens is 3. The van der Waals surface area contributed by atoms with Gasteiger partial charge in [0.25, 0.3) is 0 Å². The van der Waals surface area contributed by atoms with Crippen LogP contribution in [0.25, 0.3) is 0 Å². The molecule has 2 aliphatic rings. The molecule has 1 spiro atoms. The van der Waals surface area contributed by atoms with Crippen LogP contribution in [0.3, 0.4) is 0 Å². The molecular formula is C20H23F3N2O4. The number of hydrogen-bond acceptors (Lipinski definition) is 5. The Kier molecular flexibility index (Phi) is 6.34. The molecule has 29 heavy (non-hydrogen) atoms. The minimum absolute atomic E-state index is 0.222. The van der Waals surface area contributed by atoms with E-state index in [9.17, 15) is 18.0 Å². The number of amides is 1. The number of carbonyl (C=O) groups is 1. The second-order valence-electron chi connectivity index (χ2n) is 7.54. The van der Waals surface area contributed by atoms with Gasteiger partial charge in [-0.1, -0.05) is 12.1 Å². The fraction of sp³-hybridized carbons (Fsp3) is 0.600. The van der Waals surface area contributed by atoms with Gasteiger partial charge in [-0.3, -0.25) is 0 Å². The molecule has 6 nitrogen and oxygen atoms in total. The molecule has 2 heterocycles. The van der Waals surface area contributed by atoms with Gasteiger partial charge in [0.05, 0.1) is 23.8 Å². The van der Waals surface area contributed by atoms with Gasteiger partial charge in [0.15, 0.2) is 0 Å². The molecule has 0 aliphatic carbocycles. The number of aliphatic hydroxyl groups is 1. The normalized spacial score (nSPS) is 22.7. The van der Waals surface area contributed by atoms with Crippen molar-refractivity contribution in [1.29, 1.82) is 5.26 Å². The van der Waals surface area contributed by atoms with Gasteiger partial charge < -0.3 is 19.5 Å². The fourth-order valence-electron chi connectivity index (χ4n) is 4.02. The van der Waals surface area contributed by atoms with Crippen LogP contribution in [0, 0.1) is 11.3 Å². The molecule has 1 aromatic carbocycles. The molecule has 9 heteroatoms. The van der Waals surface area contributed by atoms with E-state index in [1.165, 1.54) is 4.90 Å². The molecule has 0 radical (unpaired) electrons. The zero-order valence-electron chi connectivity index (χ0n) is 15.8. The van der Waals surface area contributed by atoms with Crippen molar-refractivity contribution in [3.63, 3.8) is 0 Å². The molecule has 1 unspecified atom stereocenters. The molecule has 2 atom stereocenters. The molecular weight excluding hydrogens is 389 g/mol. The van der Waals surface area contributed by atoms with Crippen molar-refractivity contribution in [3.8, 4) is 6.07 Å². The van der Waals surface area contributed by atoms with E-state index >= 15 is 0 Å². The first-order valence-corrected chi connectivity index (χ1v) is 9.53. The lowest BCUT2D eigenvalue weighted by molar-refractivity contribution is -0.215. The lowest BCUT2D eigenvalue weighted by Crippen LogP contribution is -2.51. The summed E-state index contributed by atoms with van der Waals surface area (Å²) in [6, 6.07) is 9.61. The first-order chi connectivity index (χ1) is 13.8. The molecule has 1 amide bonds. The van der Waals surface area contributed by atoms with Gasteiger partial charge in [-0.15, -0.1) is 0 Å². The molecule has 2 saturated heterocycles. The summed E-state index contributed by atoms with van der Waals surface area (Å²) in [4.78, 5) is 13.3. The fourth-order valence-corrected chi connectivity index (χ4v) is 4.02. The van der Waals surface area contributed by atoms with E-state index in [1.54, 1.807) is 6.07 Å². The Morgan fingerprint density at radius 2 is 2.14 bits per heavy atom. The van der Waals surface area contributed by atoms with E-state index in [1.807, 2.05) is 18.2 Å². The summed E-state index contributed by atoms with van der Waals surface area (Å²) in [7, 11) is 0. The predicted octanol–water partition coefficient (Wildman–Crippen LogP) is 3.35. The van der Waals surface area contributed by atoms with Crippen molar-refractivity contribution in [2.75, 3.05) is 26.3 Å². The van der Waals surface area contributed by atoms with Crippen LogP contribution in [0.2, 0.25) is 0 Å². The van der Waals surface area contributed by atoms with Crippen LogP contribution in [0.15, 0.2) is 24.3 Å². The number of nitrogens with zero attached hydrogens (tertiary/aromatic N) is 2. The van der Waals surface area contributed by atoms with Crippen LogP contribution in [-0.4, -0.2) is 60.3 Å². The molecule has 0 saturated carbocycles. The number of piperidine rings is 1. The summed E-state index contributed by atoms with van der Waals surface area (Å²) in [5.74, 6) is 0.222. The van der Waals surface area contributed by atoms with Crippen LogP contribution in [0.4, 0.5) is 18.0 Å². The van der Waals surface area contributed by atoms with Gasteiger partial charge in [0, 0.05) is 19.7 Å². The summed E-state index contributed by atoms with van der Waals surface area (Å²) in [5.41, 5.74) is 1.23. The van der Waals surface area contributed by atoms with Crippen LogP contribution in [0.1, 0.15) is 42.7 Å². The van der Waals surface area contributed by atoms with Gasteiger partial charge in [-0.2, -0.15) is 18.4 Å². The number of hydrogen-bond donors (Lipinski definition) is 1. The number of ether oxygens (including phenoxy) is 2. The van der Waals surface area contributed by atoms with Crippen LogP contribution >= 0.6 is 0 Å². The zero-order chi connectivity index (χ0) is 21.1. The van der Waals surface area contributed by atoms with Crippen molar-refractivity contribution in [2.24, 2.45) is 0 Å². The third-order valence-corrected chi connectivity index (χ3v) is 5.69. The minimum Gasteiger partial charge on any atom is -0.434 e. The average molecular weight is 412 g/mol. The molecule has 2 fully saturated rings. The van der Waals surface area contributed by atoms with Crippen LogP contribution < -0.4 is 0 Å². The van der Waals surface area contributed by atoms with E-state index in [2.05, 4.69) is 10.8 Å². The summed E-state index contributed by atoms with van der Waals surface area (Å²) in [6.45, 7) is -0.314. The van der Waals surface area contributed by atoms with Crippen LogP contribution in [-0.2, 0) is 9.47 Å². The summed E-state index contributed by atoms with van der Waals surface area (Å²) in [6.07, 6.45) is -5.87. The Morgan fingerprint density at radius 1 is 1.41 bits per heavy atom. The number of rotatable bonds is 3. The highest BCUT2D eigenvalue weighted by Crippen LogP contribution is 2.42. The smallest absolute Gasteiger partial charge is 0.427 e. The van der Waals surface area contributed by atoms with Crippen molar-refractivity contribution >= 4 is 6.09 Å². The second-order valence-corrected chi connectivity index (χ2v) is 7.54. The third-order valence-electron chi connectivity index (χ3n) is 5.69. The number of nitriles is 1. The number of carbonyl (C=O) groups excluding carboxylic acids is 1. The van der Waals surface area contributed by atoms with Gasteiger partial charge in [0.1, 0.15) is 0 Å². The van der Waals surface area contributed by atoms with Gasteiger partial charge in [-0.05, 0) is 49.3 Å². The van der Waals surface area contributed by atoms with Crippen molar-refractivity contribution in [1.82, 2.24) is 4.90 Å². The second kappa shape index (κ2) is 8.59. The standard InChI is InChI=1S/C20H23F3N2O4/c21-20(22,23)17(13-26)29-18(27)25-7-5-19(6-8-25)11-16(4-9-28-19)15-3-1-2-14(10-15)12-24/h1-3,10,16-17,26H,4-9,11,13H2/t16?,17-/m1/s1. The maximum atomic E-state index is 12.7. The highest BCUT2D eigenvalue weighted by molar-refractivity contribution is 5.68. The molecule has 0 bridgehead atoms. The van der Waals surface area contributed by atoms with E-state index in [4.69, 9.17) is 15.1 Å². The SMILES string of the molecule is N#Cc1cccc(C2CCOC3(CCN(C(=O)O[C@H](CO)C(F)(F)F)CC3)C2)c1. The first-order valence-electron chi connectivity index (χ1n) is 9.53. The maximum absolute atomic E-state index is 12.7. The molecule has 2 aliphatic heterocycles. The minimum atomic E-state index is -4.81. The van der Waals surface area contributed by atoms with E-state index in [0.717, 1.165) is 18.4 Å². The van der Waals surface area contributed by atoms with Crippen LogP contribution in [0.5, 0.6) is 0 Å². The maximum Gasteiger partial charge on any atom is 0.427 e. The van der Waals surface area contributed by atoms with Gasteiger partial charge >= 0.3 is 12.3 Å². The van der Waals surface area contributed by atoms with Crippen molar-refractivity contribution < 1.29 is 32.5 Å². The Balaban J connectivity index is 1.60. The Bertz CT molecular complexity index is 770. The van der Waals surface area contributed by atoms with E-state index in [-0.39, 0.29) is 19.0 Å². The van der Waals surface area contributed by atoms with Crippen molar-refractivity contribution in [3.05, 3.63) is 35.4 Å². The Hall–Kier alpha value is -2.31. The molecule has 3 rings (SSSR count). The molecule has 0 aromatic heterocycles. The lowest BCUT2D eigenvalue weighted by Gasteiger charge is -2.46. The Labute approximate surface area is 166 Å². The van der Waals surface area contributed by atoms with Gasteiger partial charge in [0.2, 0.25) is 6.10 Å². The number of alkyl halides is 3. The zero-order valence-corrected chi connectivity index (χ0v) is 15.8. The lowest BCUT2D eigenvalue weighted by atomic mass is 9.77. The topological polar surface area (TPSA) is 82.8 Å². The predicted molar refractivity (Wildman–Crippen MR) is 96.0 cm³/mol. The van der Waals surface area contributed by atoms with E-state index < -0.39 is 30.6 Å².